The van der Waals surface area contributed by atoms with Crippen LogP contribution in [0.25, 0.3) is 0 Å². The normalized spacial score (nSPS) is 20.8. The molecule has 1 aromatic rings. The van der Waals surface area contributed by atoms with Gasteiger partial charge in [0.05, 0.1) is 6.10 Å². The fourth-order valence-electron chi connectivity index (χ4n) is 2.72. The van der Waals surface area contributed by atoms with Crippen LogP contribution in [-0.4, -0.2) is 11.7 Å². The van der Waals surface area contributed by atoms with Crippen LogP contribution < -0.4 is 15.2 Å². The Hall–Kier alpha value is -1.22. The van der Waals surface area contributed by atoms with Crippen LogP contribution in [0.5, 0.6) is 11.5 Å². The van der Waals surface area contributed by atoms with E-state index >= 15 is 0 Å². The maximum atomic E-state index is 6.34. The maximum Gasteiger partial charge on any atom is 0.125 e. The number of fused-ring (bicyclic) bond motifs is 1. The average Bonchev–Trinajstić information content (AvgIpc) is 2.38. The lowest BCUT2D eigenvalue weighted by Crippen LogP contribution is -2.41. The fraction of sp³-hybridized carbons (Fsp3) is 0.625. The first kappa shape index (κ1) is 14.2. The van der Waals surface area contributed by atoms with Gasteiger partial charge in [-0.25, -0.2) is 0 Å². The van der Waals surface area contributed by atoms with Crippen molar-refractivity contribution in [2.45, 2.75) is 64.7 Å². The second kappa shape index (κ2) is 5.41. The zero-order chi connectivity index (χ0) is 14.0. The number of hydrogen-bond acceptors (Lipinski definition) is 3. The second-order valence-electron chi connectivity index (χ2n) is 5.67. The molecule has 106 valence electrons. The van der Waals surface area contributed by atoms with Crippen LogP contribution in [0.4, 0.5) is 0 Å². The summed E-state index contributed by atoms with van der Waals surface area (Å²) in [5, 5.41) is 0. The lowest BCUT2D eigenvalue weighted by Gasteiger charge is -2.40. The minimum Gasteiger partial charge on any atom is -0.491 e. The van der Waals surface area contributed by atoms with Crippen LogP contribution in [-0.2, 0) is 0 Å². The summed E-state index contributed by atoms with van der Waals surface area (Å²) in [5.74, 6) is 1.78. The lowest BCUT2D eigenvalue weighted by molar-refractivity contribution is 0.0280. The molecule has 1 aromatic carbocycles. The van der Waals surface area contributed by atoms with Crippen LogP contribution in [0.2, 0.25) is 0 Å². The van der Waals surface area contributed by atoms with Gasteiger partial charge in [0.1, 0.15) is 17.1 Å². The molecule has 3 heteroatoms. The Bertz CT molecular complexity index is 438. The smallest absolute Gasteiger partial charge is 0.125 e. The summed E-state index contributed by atoms with van der Waals surface area (Å²) in [6.45, 7) is 8.37. The first-order chi connectivity index (χ1) is 8.99. The summed E-state index contributed by atoms with van der Waals surface area (Å²) >= 11 is 0. The Morgan fingerprint density at radius 3 is 2.63 bits per heavy atom. The van der Waals surface area contributed by atoms with Gasteiger partial charge in [-0.3, -0.25) is 0 Å². The third-order valence-corrected chi connectivity index (χ3v) is 3.96. The molecule has 0 amide bonds. The van der Waals surface area contributed by atoms with E-state index in [-0.39, 0.29) is 17.7 Å². The molecule has 0 radical (unpaired) electrons. The molecule has 2 N–H and O–H groups in total. The van der Waals surface area contributed by atoms with Crippen LogP contribution in [0, 0.1) is 0 Å². The SMILES string of the molecule is CCC1(CC)CC(N)c2cc(OC(C)C)ccc2O1. The molecule has 1 aliphatic heterocycles. The van der Waals surface area contributed by atoms with Gasteiger partial charge < -0.3 is 15.2 Å². The van der Waals surface area contributed by atoms with Crippen molar-refractivity contribution >= 4 is 0 Å². The predicted molar refractivity (Wildman–Crippen MR) is 77.7 cm³/mol. The second-order valence-corrected chi connectivity index (χ2v) is 5.67. The molecule has 1 unspecified atom stereocenters. The van der Waals surface area contributed by atoms with E-state index in [0.717, 1.165) is 36.3 Å². The van der Waals surface area contributed by atoms with Gasteiger partial charge in [0.25, 0.3) is 0 Å². The van der Waals surface area contributed by atoms with E-state index < -0.39 is 0 Å². The van der Waals surface area contributed by atoms with Gasteiger partial charge in [0.2, 0.25) is 0 Å². The molecule has 1 aliphatic rings. The predicted octanol–water partition coefficient (Wildman–Crippen LogP) is 3.81. The number of rotatable bonds is 4. The summed E-state index contributed by atoms with van der Waals surface area (Å²) in [4.78, 5) is 0. The highest BCUT2D eigenvalue weighted by Crippen LogP contribution is 2.42. The standard InChI is InChI=1S/C16H25NO2/c1-5-16(6-2)10-14(17)13-9-12(18-11(3)4)7-8-15(13)19-16/h7-9,11,14H,5-6,10,17H2,1-4H3. The molecule has 0 fully saturated rings. The molecular weight excluding hydrogens is 238 g/mol. The van der Waals surface area contributed by atoms with Gasteiger partial charge in [0, 0.05) is 18.0 Å². The van der Waals surface area contributed by atoms with Crippen LogP contribution in [0.1, 0.15) is 58.6 Å². The minimum absolute atomic E-state index is 0.0272. The number of benzene rings is 1. The van der Waals surface area contributed by atoms with Gasteiger partial charge in [-0.1, -0.05) is 13.8 Å². The number of nitrogens with two attached hydrogens (primary N) is 1. The van der Waals surface area contributed by atoms with Crippen molar-refractivity contribution in [1.29, 1.82) is 0 Å². The highest BCUT2D eigenvalue weighted by Gasteiger charge is 2.37. The van der Waals surface area contributed by atoms with E-state index in [1.807, 2.05) is 32.0 Å². The Labute approximate surface area is 116 Å². The van der Waals surface area contributed by atoms with E-state index in [2.05, 4.69) is 13.8 Å². The molecule has 0 aromatic heterocycles. The summed E-state index contributed by atoms with van der Waals surface area (Å²) < 4.78 is 11.9. The Morgan fingerprint density at radius 1 is 1.37 bits per heavy atom. The largest absolute Gasteiger partial charge is 0.491 e. The summed E-state index contributed by atoms with van der Waals surface area (Å²) in [5.41, 5.74) is 7.30. The third-order valence-electron chi connectivity index (χ3n) is 3.96. The first-order valence-electron chi connectivity index (χ1n) is 7.25. The van der Waals surface area contributed by atoms with Gasteiger partial charge in [-0.15, -0.1) is 0 Å². The van der Waals surface area contributed by atoms with Crippen LogP contribution in [0.15, 0.2) is 18.2 Å². The molecule has 0 saturated heterocycles. The topological polar surface area (TPSA) is 44.5 Å². The van der Waals surface area contributed by atoms with Crippen LogP contribution >= 0.6 is 0 Å². The lowest BCUT2D eigenvalue weighted by atomic mass is 9.84. The highest BCUT2D eigenvalue weighted by atomic mass is 16.5. The van der Waals surface area contributed by atoms with Crippen molar-refractivity contribution in [2.24, 2.45) is 5.73 Å². The van der Waals surface area contributed by atoms with Gasteiger partial charge in [-0.05, 0) is 44.9 Å². The van der Waals surface area contributed by atoms with Crippen molar-refractivity contribution in [1.82, 2.24) is 0 Å². The van der Waals surface area contributed by atoms with E-state index in [0.29, 0.717) is 0 Å². The van der Waals surface area contributed by atoms with E-state index in [1.165, 1.54) is 0 Å². The van der Waals surface area contributed by atoms with E-state index in [1.54, 1.807) is 0 Å². The highest BCUT2D eigenvalue weighted by molar-refractivity contribution is 5.44. The Morgan fingerprint density at radius 2 is 2.05 bits per heavy atom. The van der Waals surface area contributed by atoms with Crippen molar-refractivity contribution in [3.8, 4) is 11.5 Å². The van der Waals surface area contributed by atoms with Crippen molar-refractivity contribution in [3.63, 3.8) is 0 Å². The molecule has 1 heterocycles. The Balaban J connectivity index is 2.30. The zero-order valence-corrected chi connectivity index (χ0v) is 12.4. The molecule has 0 saturated carbocycles. The molecule has 0 bridgehead atoms. The van der Waals surface area contributed by atoms with Gasteiger partial charge >= 0.3 is 0 Å². The number of hydrogen-bond donors (Lipinski definition) is 1. The maximum absolute atomic E-state index is 6.34. The molecule has 0 spiro atoms. The van der Waals surface area contributed by atoms with Gasteiger partial charge in [0.15, 0.2) is 0 Å². The van der Waals surface area contributed by atoms with Gasteiger partial charge in [-0.2, -0.15) is 0 Å². The molecular formula is C16H25NO2. The van der Waals surface area contributed by atoms with E-state index in [9.17, 15) is 0 Å². The van der Waals surface area contributed by atoms with Crippen LogP contribution in [0.3, 0.4) is 0 Å². The zero-order valence-electron chi connectivity index (χ0n) is 12.4. The molecule has 0 aliphatic carbocycles. The van der Waals surface area contributed by atoms with E-state index in [4.69, 9.17) is 15.2 Å². The van der Waals surface area contributed by atoms with Crippen molar-refractivity contribution in [3.05, 3.63) is 23.8 Å². The third kappa shape index (κ3) is 2.86. The summed E-state index contributed by atoms with van der Waals surface area (Å²) in [6, 6.07) is 6.01. The fourth-order valence-corrected chi connectivity index (χ4v) is 2.72. The number of ether oxygens (including phenoxy) is 2. The monoisotopic (exact) mass is 263 g/mol. The Kier molecular flexibility index (Phi) is 4.04. The minimum atomic E-state index is -0.104. The molecule has 2 rings (SSSR count). The van der Waals surface area contributed by atoms with Crippen molar-refractivity contribution in [2.75, 3.05) is 0 Å². The summed E-state index contributed by atoms with van der Waals surface area (Å²) in [7, 11) is 0. The average molecular weight is 263 g/mol. The van der Waals surface area contributed by atoms with Crippen molar-refractivity contribution < 1.29 is 9.47 Å². The summed E-state index contributed by atoms with van der Waals surface area (Å²) in [6.07, 6.45) is 3.02. The molecule has 1 atom stereocenters. The molecule has 3 nitrogen and oxygen atoms in total. The first-order valence-corrected chi connectivity index (χ1v) is 7.25. The molecule has 19 heavy (non-hydrogen) atoms. The quantitative estimate of drug-likeness (QED) is 0.898.